The summed E-state index contributed by atoms with van der Waals surface area (Å²) in [6.07, 6.45) is -4.61. The number of rotatable bonds is 3. The van der Waals surface area contributed by atoms with Crippen LogP contribution in [0.3, 0.4) is 0 Å². The van der Waals surface area contributed by atoms with E-state index in [0.717, 1.165) is 18.2 Å². The van der Waals surface area contributed by atoms with E-state index < -0.39 is 26.7 Å². The van der Waals surface area contributed by atoms with Crippen molar-refractivity contribution in [1.29, 1.82) is 0 Å². The molecule has 0 aromatic heterocycles. The van der Waals surface area contributed by atoms with E-state index in [1.165, 1.54) is 12.1 Å². The van der Waals surface area contributed by atoms with Crippen LogP contribution >= 0.6 is 0 Å². The van der Waals surface area contributed by atoms with Crippen LogP contribution in [0.4, 0.5) is 24.5 Å². The first kappa shape index (κ1) is 15.2. The van der Waals surface area contributed by atoms with Gasteiger partial charge in [-0.2, -0.15) is 13.2 Å². The second-order valence-electron chi connectivity index (χ2n) is 4.22. The van der Waals surface area contributed by atoms with Crippen molar-refractivity contribution in [2.24, 2.45) is 0 Å². The van der Waals surface area contributed by atoms with Gasteiger partial charge in [-0.05, 0) is 30.3 Å². The summed E-state index contributed by atoms with van der Waals surface area (Å²) in [6.45, 7) is 0. The molecule has 8 heteroatoms. The zero-order chi connectivity index (χ0) is 15.7. The molecule has 0 saturated carbocycles. The van der Waals surface area contributed by atoms with Gasteiger partial charge in [-0.25, -0.2) is 8.42 Å². The normalized spacial score (nSPS) is 12.1. The van der Waals surface area contributed by atoms with E-state index in [9.17, 15) is 21.6 Å². The first-order valence-electron chi connectivity index (χ1n) is 5.75. The lowest BCUT2D eigenvalue weighted by atomic mass is 10.2. The highest BCUT2D eigenvalue weighted by atomic mass is 32.2. The average Bonchev–Trinajstić information content (AvgIpc) is 2.40. The molecule has 0 unspecified atom stereocenters. The van der Waals surface area contributed by atoms with Crippen LogP contribution in [0.25, 0.3) is 0 Å². The Kier molecular flexibility index (Phi) is 3.82. The van der Waals surface area contributed by atoms with Crippen molar-refractivity contribution >= 4 is 21.4 Å². The molecular formula is C13H11F3N2O2S. The van der Waals surface area contributed by atoms with E-state index in [2.05, 4.69) is 4.72 Å². The van der Waals surface area contributed by atoms with Gasteiger partial charge in [-0.15, -0.1) is 0 Å². The molecular weight excluding hydrogens is 305 g/mol. The molecule has 2 rings (SSSR count). The zero-order valence-electron chi connectivity index (χ0n) is 10.6. The third-order valence-corrected chi connectivity index (χ3v) is 4.04. The van der Waals surface area contributed by atoms with Crippen LogP contribution in [0.5, 0.6) is 0 Å². The molecule has 21 heavy (non-hydrogen) atoms. The number of sulfonamides is 1. The number of nitrogens with one attached hydrogen (secondary N) is 1. The second-order valence-corrected chi connectivity index (χ2v) is 5.90. The number of para-hydroxylation sites is 2. The Morgan fingerprint density at radius 2 is 1.67 bits per heavy atom. The third-order valence-electron chi connectivity index (χ3n) is 2.68. The van der Waals surface area contributed by atoms with Crippen molar-refractivity contribution in [3.63, 3.8) is 0 Å². The Morgan fingerprint density at radius 3 is 2.29 bits per heavy atom. The van der Waals surface area contributed by atoms with Crippen LogP contribution in [-0.2, 0) is 16.2 Å². The van der Waals surface area contributed by atoms with Gasteiger partial charge in [-0.1, -0.05) is 18.2 Å². The fourth-order valence-electron chi connectivity index (χ4n) is 1.63. The Morgan fingerprint density at radius 1 is 1.00 bits per heavy atom. The van der Waals surface area contributed by atoms with E-state index >= 15 is 0 Å². The summed E-state index contributed by atoms with van der Waals surface area (Å²) in [5, 5.41) is 0. The van der Waals surface area contributed by atoms with Gasteiger partial charge in [0.15, 0.2) is 0 Å². The van der Waals surface area contributed by atoms with Gasteiger partial charge in [0, 0.05) is 0 Å². The molecule has 3 N–H and O–H groups in total. The maximum absolute atomic E-state index is 12.6. The zero-order valence-corrected chi connectivity index (χ0v) is 11.4. The Hall–Kier alpha value is -2.22. The Balaban J connectivity index is 2.39. The minimum absolute atomic E-state index is 0.106. The summed E-state index contributed by atoms with van der Waals surface area (Å²) in [6, 6.07) is 9.54. The van der Waals surface area contributed by atoms with Crippen molar-refractivity contribution in [2.45, 2.75) is 11.1 Å². The van der Waals surface area contributed by atoms with Crippen molar-refractivity contribution < 1.29 is 21.6 Å². The predicted octanol–water partition coefficient (Wildman–Crippen LogP) is 3.09. The molecule has 0 atom stereocenters. The number of benzene rings is 2. The van der Waals surface area contributed by atoms with Gasteiger partial charge < -0.3 is 5.73 Å². The molecule has 2 aromatic rings. The van der Waals surface area contributed by atoms with E-state index in [0.29, 0.717) is 6.07 Å². The molecule has 0 aliphatic carbocycles. The SMILES string of the molecule is Nc1ccccc1NS(=O)(=O)c1cccc(C(F)(F)F)c1. The highest BCUT2D eigenvalue weighted by Crippen LogP contribution is 2.31. The minimum atomic E-state index is -4.61. The quantitative estimate of drug-likeness (QED) is 0.855. The fourth-order valence-corrected chi connectivity index (χ4v) is 2.77. The maximum Gasteiger partial charge on any atom is 0.416 e. The van der Waals surface area contributed by atoms with Crippen LogP contribution in [0.15, 0.2) is 53.4 Å². The molecule has 4 nitrogen and oxygen atoms in total. The molecule has 0 saturated heterocycles. The van der Waals surface area contributed by atoms with Gasteiger partial charge >= 0.3 is 6.18 Å². The largest absolute Gasteiger partial charge is 0.416 e. The number of halogens is 3. The number of hydrogen-bond acceptors (Lipinski definition) is 3. The number of alkyl halides is 3. The highest BCUT2D eigenvalue weighted by molar-refractivity contribution is 7.92. The summed E-state index contributed by atoms with van der Waals surface area (Å²) < 4.78 is 64.2. The molecule has 0 heterocycles. The number of hydrogen-bond donors (Lipinski definition) is 2. The highest BCUT2D eigenvalue weighted by Gasteiger charge is 2.31. The lowest BCUT2D eigenvalue weighted by Crippen LogP contribution is -2.15. The van der Waals surface area contributed by atoms with E-state index in [4.69, 9.17) is 5.73 Å². The van der Waals surface area contributed by atoms with Crippen LogP contribution < -0.4 is 10.5 Å². The monoisotopic (exact) mass is 316 g/mol. The van der Waals surface area contributed by atoms with Crippen molar-refractivity contribution in [3.8, 4) is 0 Å². The summed E-state index contributed by atoms with van der Waals surface area (Å²) >= 11 is 0. The average molecular weight is 316 g/mol. The first-order chi connectivity index (χ1) is 9.70. The lowest BCUT2D eigenvalue weighted by Gasteiger charge is -2.12. The molecule has 112 valence electrons. The molecule has 0 aliphatic rings. The van der Waals surface area contributed by atoms with E-state index in [-0.39, 0.29) is 11.4 Å². The fraction of sp³-hybridized carbons (Fsp3) is 0.0769. The molecule has 0 amide bonds. The number of anilines is 2. The molecule has 0 spiro atoms. The Labute approximate surface area is 119 Å². The van der Waals surface area contributed by atoms with E-state index in [1.807, 2.05) is 0 Å². The first-order valence-corrected chi connectivity index (χ1v) is 7.23. The molecule has 0 aliphatic heterocycles. The van der Waals surface area contributed by atoms with Gasteiger partial charge in [0.05, 0.1) is 21.8 Å². The van der Waals surface area contributed by atoms with Crippen LogP contribution in [0, 0.1) is 0 Å². The van der Waals surface area contributed by atoms with Crippen LogP contribution in [0.1, 0.15) is 5.56 Å². The maximum atomic E-state index is 12.6. The predicted molar refractivity (Wildman–Crippen MR) is 73.1 cm³/mol. The summed E-state index contributed by atoms with van der Waals surface area (Å²) in [4.78, 5) is -0.486. The van der Waals surface area contributed by atoms with Crippen molar-refractivity contribution in [2.75, 3.05) is 10.5 Å². The molecule has 0 fully saturated rings. The Bertz CT molecular complexity index is 758. The minimum Gasteiger partial charge on any atom is -0.397 e. The standard InChI is InChI=1S/C13H11F3N2O2S/c14-13(15,16)9-4-3-5-10(8-9)21(19,20)18-12-7-2-1-6-11(12)17/h1-8,18H,17H2. The summed E-state index contributed by atoms with van der Waals surface area (Å²) in [5.41, 5.74) is 4.84. The van der Waals surface area contributed by atoms with E-state index in [1.54, 1.807) is 12.1 Å². The smallest absolute Gasteiger partial charge is 0.397 e. The van der Waals surface area contributed by atoms with Crippen molar-refractivity contribution in [1.82, 2.24) is 0 Å². The summed E-state index contributed by atoms with van der Waals surface area (Å²) in [5.74, 6) is 0. The number of nitrogens with two attached hydrogens (primary N) is 1. The molecule has 2 aromatic carbocycles. The second kappa shape index (κ2) is 5.28. The summed E-state index contributed by atoms with van der Waals surface area (Å²) in [7, 11) is -4.15. The molecule has 0 radical (unpaired) electrons. The lowest BCUT2D eigenvalue weighted by molar-refractivity contribution is -0.137. The van der Waals surface area contributed by atoms with Gasteiger partial charge in [-0.3, -0.25) is 4.72 Å². The number of nitrogen functional groups attached to an aromatic ring is 1. The van der Waals surface area contributed by atoms with Crippen LogP contribution in [0.2, 0.25) is 0 Å². The molecule has 0 bridgehead atoms. The van der Waals surface area contributed by atoms with Gasteiger partial charge in [0.2, 0.25) is 0 Å². The van der Waals surface area contributed by atoms with Gasteiger partial charge in [0.1, 0.15) is 0 Å². The van der Waals surface area contributed by atoms with Crippen LogP contribution in [-0.4, -0.2) is 8.42 Å². The van der Waals surface area contributed by atoms with Gasteiger partial charge in [0.25, 0.3) is 10.0 Å². The van der Waals surface area contributed by atoms with Crippen molar-refractivity contribution in [3.05, 3.63) is 54.1 Å². The third kappa shape index (κ3) is 3.46. The topological polar surface area (TPSA) is 72.2 Å².